The van der Waals surface area contributed by atoms with Crippen molar-refractivity contribution in [1.29, 1.82) is 0 Å². The SMILES string of the molecule is C1=CC2C=CC3C=CC=C3CC2=C1. The molecule has 0 N–H and O–H groups in total. The fraction of sp³-hybridized carbons (Fsp3) is 0.231. The van der Waals surface area contributed by atoms with Gasteiger partial charge in [0.05, 0.1) is 0 Å². The van der Waals surface area contributed by atoms with Crippen LogP contribution >= 0.6 is 0 Å². The molecule has 0 radical (unpaired) electrons. The monoisotopic (exact) mass is 168 g/mol. The molecule has 3 aliphatic rings. The van der Waals surface area contributed by atoms with Crippen molar-refractivity contribution in [3.63, 3.8) is 0 Å². The van der Waals surface area contributed by atoms with Crippen molar-refractivity contribution >= 4 is 0 Å². The standard InChI is InChI=1S/C13H12/c1-3-10-7-8-11-4-2-6-13(11)9-12(10)5-1/h1-8,10-11H,9H2. The van der Waals surface area contributed by atoms with Gasteiger partial charge in [-0.15, -0.1) is 0 Å². The quantitative estimate of drug-likeness (QED) is 0.487. The van der Waals surface area contributed by atoms with Gasteiger partial charge >= 0.3 is 0 Å². The summed E-state index contributed by atoms with van der Waals surface area (Å²) in [6, 6.07) is 0. The second-order valence-corrected chi connectivity index (χ2v) is 3.87. The van der Waals surface area contributed by atoms with E-state index < -0.39 is 0 Å². The second-order valence-electron chi connectivity index (χ2n) is 3.87. The fourth-order valence-electron chi connectivity index (χ4n) is 2.27. The summed E-state index contributed by atoms with van der Waals surface area (Å²) >= 11 is 0. The van der Waals surface area contributed by atoms with E-state index in [1.165, 1.54) is 0 Å². The predicted octanol–water partition coefficient (Wildman–Crippen LogP) is 3.17. The van der Waals surface area contributed by atoms with E-state index in [1.54, 1.807) is 11.1 Å². The van der Waals surface area contributed by atoms with Gasteiger partial charge in [-0.1, -0.05) is 59.8 Å². The van der Waals surface area contributed by atoms with Gasteiger partial charge < -0.3 is 0 Å². The summed E-state index contributed by atoms with van der Waals surface area (Å²) in [5.41, 5.74) is 3.10. The van der Waals surface area contributed by atoms with Gasteiger partial charge in [0.1, 0.15) is 0 Å². The number of hydrogen-bond acceptors (Lipinski definition) is 0. The average molecular weight is 168 g/mol. The molecular formula is C13H12. The Bertz CT molecular complexity index is 339. The van der Waals surface area contributed by atoms with Crippen LogP contribution in [0.25, 0.3) is 0 Å². The summed E-state index contributed by atoms with van der Waals surface area (Å²) in [5, 5.41) is 0. The molecule has 0 saturated heterocycles. The highest BCUT2D eigenvalue weighted by molar-refractivity contribution is 5.43. The van der Waals surface area contributed by atoms with Gasteiger partial charge in [0.15, 0.2) is 0 Å². The van der Waals surface area contributed by atoms with Crippen molar-refractivity contribution in [3.05, 3.63) is 59.8 Å². The molecule has 0 heteroatoms. The molecule has 0 aromatic rings. The normalized spacial score (nSPS) is 33.8. The van der Waals surface area contributed by atoms with E-state index in [0.717, 1.165) is 6.42 Å². The van der Waals surface area contributed by atoms with E-state index in [9.17, 15) is 0 Å². The molecule has 0 heterocycles. The molecule has 2 unspecified atom stereocenters. The van der Waals surface area contributed by atoms with E-state index in [2.05, 4.69) is 48.6 Å². The fourth-order valence-corrected chi connectivity index (χ4v) is 2.27. The Morgan fingerprint density at radius 1 is 0.769 bits per heavy atom. The second kappa shape index (κ2) is 2.59. The van der Waals surface area contributed by atoms with Gasteiger partial charge in [-0.05, 0) is 6.42 Å². The third-order valence-electron chi connectivity index (χ3n) is 3.05. The summed E-state index contributed by atoms with van der Waals surface area (Å²) in [6.45, 7) is 0. The minimum Gasteiger partial charge on any atom is -0.0766 e. The zero-order valence-corrected chi connectivity index (χ0v) is 7.48. The Labute approximate surface area is 78.7 Å². The molecule has 0 amide bonds. The molecule has 0 nitrogen and oxygen atoms in total. The summed E-state index contributed by atoms with van der Waals surface area (Å²) in [4.78, 5) is 0. The van der Waals surface area contributed by atoms with E-state index in [1.807, 2.05) is 0 Å². The van der Waals surface area contributed by atoms with Crippen molar-refractivity contribution in [3.8, 4) is 0 Å². The van der Waals surface area contributed by atoms with Crippen molar-refractivity contribution in [2.24, 2.45) is 11.8 Å². The van der Waals surface area contributed by atoms with Crippen LogP contribution in [0.2, 0.25) is 0 Å². The number of hydrogen-bond donors (Lipinski definition) is 0. The highest BCUT2D eigenvalue weighted by Gasteiger charge is 2.21. The van der Waals surface area contributed by atoms with Crippen molar-refractivity contribution in [2.45, 2.75) is 6.42 Å². The van der Waals surface area contributed by atoms with Crippen molar-refractivity contribution < 1.29 is 0 Å². The largest absolute Gasteiger partial charge is 0.0766 e. The van der Waals surface area contributed by atoms with E-state index in [4.69, 9.17) is 0 Å². The maximum atomic E-state index is 2.33. The average Bonchev–Trinajstić information content (AvgIpc) is 2.72. The lowest BCUT2D eigenvalue weighted by Crippen LogP contribution is -1.94. The Kier molecular flexibility index (Phi) is 1.42. The van der Waals surface area contributed by atoms with Crippen LogP contribution in [0.1, 0.15) is 6.42 Å². The third-order valence-corrected chi connectivity index (χ3v) is 3.05. The lowest BCUT2D eigenvalue weighted by Gasteiger charge is -2.08. The highest BCUT2D eigenvalue weighted by Crippen LogP contribution is 2.36. The Morgan fingerprint density at radius 2 is 1.31 bits per heavy atom. The van der Waals surface area contributed by atoms with Crippen LogP contribution in [0.4, 0.5) is 0 Å². The van der Waals surface area contributed by atoms with Gasteiger partial charge in [-0.25, -0.2) is 0 Å². The summed E-state index contributed by atoms with van der Waals surface area (Å²) in [7, 11) is 0. The van der Waals surface area contributed by atoms with Crippen LogP contribution in [0, 0.1) is 11.8 Å². The smallest absolute Gasteiger partial charge is 0.0167 e. The zero-order chi connectivity index (χ0) is 8.67. The molecule has 0 fully saturated rings. The van der Waals surface area contributed by atoms with Crippen LogP contribution < -0.4 is 0 Å². The van der Waals surface area contributed by atoms with Crippen LogP contribution in [-0.4, -0.2) is 0 Å². The molecule has 13 heavy (non-hydrogen) atoms. The lowest BCUT2D eigenvalue weighted by atomic mass is 9.96. The van der Waals surface area contributed by atoms with E-state index >= 15 is 0 Å². The number of fused-ring (bicyclic) bond motifs is 2. The van der Waals surface area contributed by atoms with Crippen LogP contribution in [0.5, 0.6) is 0 Å². The molecule has 64 valence electrons. The Balaban J connectivity index is 2.00. The Hall–Kier alpha value is -1.30. The van der Waals surface area contributed by atoms with Gasteiger partial charge in [-0.2, -0.15) is 0 Å². The summed E-state index contributed by atoms with van der Waals surface area (Å²) in [5.74, 6) is 1.17. The number of rotatable bonds is 0. The first-order chi connectivity index (χ1) is 6.43. The zero-order valence-electron chi connectivity index (χ0n) is 7.48. The van der Waals surface area contributed by atoms with Crippen LogP contribution in [0.3, 0.4) is 0 Å². The Morgan fingerprint density at radius 3 is 1.85 bits per heavy atom. The molecule has 3 aliphatic carbocycles. The van der Waals surface area contributed by atoms with Gasteiger partial charge in [0.25, 0.3) is 0 Å². The molecule has 0 bridgehead atoms. The minimum atomic E-state index is 0.583. The van der Waals surface area contributed by atoms with Gasteiger partial charge in [0.2, 0.25) is 0 Å². The first-order valence-electron chi connectivity index (χ1n) is 4.86. The lowest BCUT2D eigenvalue weighted by molar-refractivity contribution is 0.900. The number of allylic oxidation sites excluding steroid dienone is 10. The summed E-state index contributed by atoms with van der Waals surface area (Å²) < 4.78 is 0. The first kappa shape index (κ1) is 7.14. The molecule has 0 aromatic heterocycles. The maximum absolute atomic E-state index is 2.33. The topological polar surface area (TPSA) is 0 Å². The molecular weight excluding hydrogens is 156 g/mol. The molecule has 0 spiro atoms. The van der Waals surface area contributed by atoms with Gasteiger partial charge in [0, 0.05) is 11.8 Å². The third kappa shape index (κ3) is 1.06. The molecule has 0 aromatic carbocycles. The van der Waals surface area contributed by atoms with Crippen molar-refractivity contribution in [2.75, 3.05) is 0 Å². The van der Waals surface area contributed by atoms with Crippen molar-refractivity contribution in [1.82, 2.24) is 0 Å². The van der Waals surface area contributed by atoms with E-state index in [0.29, 0.717) is 11.8 Å². The van der Waals surface area contributed by atoms with E-state index in [-0.39, 0.29) is 0 Å². The predicted molar refractivity (Wildman–Crippen MR) is 55.2 cm³/mol. The van der Waals surface area contributed by atoms with Gasteiger partial charge in [-0.3, -0.25) is 0 Å². The highest BCUT2D eigenvalue weighted by atomic mass is 14.3. The molecule has 3 rings (SSSR count). The minimum absolute atomic E-state index is 0.583. The maximum Gasteiger partial charge on any atom is 0.0167 e. The summed E-state index contributed by atoms with van der Waals surface area (Å²) in [6.07, 6.45) is 19.2. The first-order valence-corrected chi connectivity index (χ1v) is 4.86. The molecule has 0 saturated carbocycles. The van der Waals surface area contributed by atoms with Crippen LogP contribution in [0.15, 0.2) is 59.8 Å². The molecule has 2 atom stereocenters. The molecule has 0 aliphatic heterocycles. The van der Waals surface area contributed by atoms with Crippen LogP contribution in [-0.2, 0) is 0 Å².